The second-order valence-corrected chi connectivity index (χ2v) is 5.47. The standard InChI is InChI=1S/C17H22N4O3/c1-11(2)21-16(22)13-9-19-17(20-10-13)18-8-12-5-6-14(23-3)15(7-12)24-4/h5-7,9-11H,8H2,1-4H3,(H,21,22)(H,18,19,20). The predicted octanol–water partition coefficient (Wildman–Crippen LogP) is 2.24. The lowest BCUT2D eigenvalue weighted by Crippen LogP contribution is -2.30. The minimum atomic E-state index is -0.184. The highest BCUT2D eigenvalue weighted by atomic mass is 16.5. The molecule has 0 bridgehead atoms. The summed E-state index contributed by atoms with van der Waals surface area (Å²) in [6.07, 6.45) is 3.00. The van der Waals surface area contributed by atoms with Crippen LogP contribution < -0.4 is 20.1 Å². The fraction of sp³-hybridized carbons (Fsp3) is 0.353. The summed E-state index contributed by atoms with van der Waals surface area (Å²) in [6, 6.07) is 5.73. The number of methoxy groups -OCH3 is 2. The molecule has 0 radical (unpaired) electrons. The van der Waals surface area contributed by atoms with Crippen LogP contribution in [0.4, 0.5) is 5.95 Å². The largest absolute Gasteiger partial charge is 0.493 e. The molecule has 128 valence electrons. The van der Waals surface area contributed by atoms with Crippen molar-refractivity contribution in [2.24, 2.45) is 0 Å². The van der Waals surface area contributed by atoms with E-state index in [0.717, 1.165) is 5.56 Å². The molecule has 0 saturated carbocycles. The van der Waals surface area contributed by atoms with E-state index in [0.29, 0.717) is 29.6 Å². The summed E-state index contributed by atoms with van der Waals surface area (Å²) >= 11 is 0. The van der Waals surface area contributed by atoms with Crippen LogP contribution >= 0.6 is 0 Å². The number of hydrogen-bond acceptors (Lipinski definition) is 6. The molecule has 2 rings (SSSR count). The number of amides is 1. The molecule has 7 nitrogen and oxygen atoms in total. The first kappa shape index (κ1) is 17.5. The molecule has 0 saturated heterocycles. The van der Waals surface area contributed by atoms with Crippen molar-refractivity contribution < 1.29 is 14.3 Å². The average molecular weight is 330 g/mol. The molecular weight excluding hydrogens is 308 g/mol. The molecule has 7 heteroatoms. The van der Waals surface area contributed by atoms with Gasteiger partial charge in [-0.1, -0.05) is 6.07 Å². The average Bonchev–Trinajstić information content (AvgIpc) is 2.59. The van der Waals surface area contributed by atoms with E-state index in [4.69, 9.17) is 9.47 Å². The van der Waals surface area contributed by atoms with Crippen molar-refractivity contribution in [3.05, 3.63) is 41.7 Å². The van der Waals surface area contributed by atoms with Crippen molar-refractivity contribution in [3.63, 3.8) is 0 Å². The van der Waals surface area contributed by atoms with Gasteiger partial charge in [0.2, 0.25) is 5.95 Å². The lowest BCUT2D eigenvalue weighted by atomic mass is 10.2. The molecule has 1 amide bonds. The third-order valence-corrected chi connectivity index (χ3v) is 3.23. The zero-order chi connectivity index (χ0) is 17.5. The summed E-state index contributed by atoms with van der Waals surface area (Å²) in [5.74, 6) is 1.61. The van der Waals surface area contributed by atoms with Gasteiger partial charge in [-0.15, -0.1) is 0 Å². The van der Waals surface area contributed by atoms with Crippen LogP contribution in [0.15, 0.2) is 30.6 Å². The normalized spacial score (nSPS) is 10.4. The number of anilines is 1. The molecule has 0 atom stereocenters. The van der Waals surface area contributed by atoms with Crippen molar-refractivity contribution in [2.45, 2.75) is 26.4 Å². The van der Waals surface area contributed by atoms with Crippen LogP contribution in [0.25, 0.3) is 0 Å². The Labute approximate surface area is 141 Å². The van der Waals surface area contributed by atoms with Crippen molar-refractivity contribution in [2.75, 3.05) is 19.5 Å². The van der Waals surface area contributed by atoms with Crippen molar-refractivity contribution in [1.82, 2.24) is 15.3 Å². The Bertz CT molecular complexity index is 687. The van der Waals surface area contributed by atoms with Gasteiger partial charge in [-0.25, -0.2) is 9.97 Å². The molecule has 0 unspecified atom stereocenters. The lowest BCUT2D eigenvalue weighted by molar-refractivity contribution is 0.0942. The highest BCUT2D eigenvalue weighted by Gasteiger charge is 2.09. The van der Waals surface area contributed by atoms with Gasteiger partial charge in [0.25, 0.3) is 5.91 Å². The quantitative estimate of drug-likeness (QED) is 0.810. The Kier molecular flexibility index (Phi) is 5.95. The zero-order valence-electron chi connectivity index (χ0n) is 14.3. The van der Waals surface area contributed by atoms with E-state index >= 15 is 0 Å². The summed E-state index contributed by atoms with van der Waals surface area (Å²) in [4.78, 5) is 20.2. The maximum Gasteiger partial charge on any atom is 0.254 e. The van der Waals surface area contributed by atoms with Gasteiger partial charge in [-0.05, 0) is 31.5 Å². The maximum absolute atomic E-state index is 11.8. The third-order valence-electron chi connectivity index (χ3n) is 3.23. The second-order valence-electron chi connectivity index (χ2n) is 5.47. The second kappa shape index (κ2) is 8.14. The molecule has 1 heterocycles. The Morgan fingerprint density at radius 1 is 1.12 bits per heavy atom. The highest BCUT2D eigenvalue weighted by molar-refractivity contribution is 5.93. The molecule has 2 N–H and O–H groups in total. The number of hydrogen-bond donors (Lipinski definition) is 2. The van der Waals surface area contributed by atoms with Gasteiger partial charge in [-0.3, -0.25) is 4.79 Å². The number of nitrogens with zero attached hydrogens (tertiary/aromatic N) is 2. The molecule has 24 heavy (non-hydrogen) atoms. The first-order valence-electron chi connectivity index (χ1n) is 7.61. The lowest BCUT2D eigenvalue weighted by Gasteiger charge is -2.11. The molecule has 0 aliphatic rings. The van der Waals surface area contributed by atoms with Crippen LogP contribution in [0.3, 0.4) is 0 Å². The zero-order valence-corrected chi connectivity index (χ0v) is 14.3. The number of aromatic nitrogens is 2. The molecule has 2 aromatic rings. The third kappa shape index (κ3) is 4.58. The van der Waals surface area contributed by atoms with Gasteiger partial charge >= 0.3 is 0 Å². The van der Waals surface area contributed by atoms with Gasteiger partial charge < -0.3 is 20.1 Å². The Morgan fingerprint density at radius 3 is 2.38 bits per heavy atom. The van der Waals surface area contributed by atoms with Gasteiger partial charge in [0, 0.05) is 25.0 Å². The molecule has 0 aliphatic carbocycles. The Hall–Kier alpha value is -2.83. The van der Waals surface area contributed by atoms with Crippen LogP contribution in [0.1, 0.15) is 29.8 Å². The van der Waals surface area contributed by atoms with E-state index < -0.39 is 0 Å². The van der Waals surface area contributed by atoms with Crippen molar-refractivity contribution >= 4 is 11.9 Å². The van der Waals surface area contributed by atoms with Crippen LogP contribution in [-0.4, -0.2) is 36.1 Å². The molecule has 1 aromatic carbocycles. The van der Waals surface area contributed by atoms with E-state index in [1.165, 1.54) is 12.4 Å². The number of benzene rings is 1. The summed E-state index contributed by atoms with van der Waals surface area (Å²) < 4.78 is 10.5. The SMILES string of the molecule is COc1ccc(CNc2ncc(C(=O)NC(C)C)cn2)cc1OC. The summed E-state index contributed by atoms with van der Waals surface area (Å²) in [5.41, 5.74) is 1.43. The molecule has 1 aromatic heterocycles. The number of carbonyl (C=O) groups excluding carboxylic acids is 1. The van der Waals surface area contributed by atoms with Crippen LogP contribution in [-0.2, 0) is 6.54 Å². The summed E-state index contributed by atoms with van der Waals surface area (Å²) in [5, 5.41) is 5.90. The number of carbonyl (C=O) groups is 1. The fourth-order valence-electron chi connectivity index (χ4n) is 2.05. The van der Waals surface area contributed by atoms with Gasteiger partial charge in [0.1, 0.15) is 0 Å². The van der Waals surface area contributed by atoms with E-state index in [-0.39, 0.29) is 11.9 Å². The number of rotatable bonds is 7. The Balaban J connectivity index is 1.98. The van der Waals surface area contributed by atoms with Gasteiger partial charge in [0.05, 0.1) is 19.8 Å². The van der Waals surface area contributed by atoms with Gasteiger partial charge in [0.15, 0.2) is 11.5 Å². The molecule has 0 spiro atoms. The monoisotopic (exact) mass is 330 g/mol. The number of ether oxygens (including phenoxy) is 2. The first-order valence-corrected chi connectivity index (χ1v) is 7.61. The maximum atomic E-state index is 11.8. The van der Waals surface area contributed by atoms with Crippen molar-refractivity contribution in [3.8, 4) is 11.5 Å². The summed E-state index contributed by atoms with van der Waals surface area (Å²) in [7, 11) is 3.19. The van der Waals surface area contributed by atoms with Crippen LogP contribution in [0.2, 0.25) is 0 Å². The number of nitrogens with one attached hydrogen (secondary N) is 2. The smallest absolute Gasteiger partial charge is 0.254 e. The van der Waals surface area contributed by atoms with E-state index in [1.54, 1.807) is 14.2 Å². The predicted molar refractivity (Wildman–Crippen MR) is 91.5 cm³/mol. The van der Waals surface area contributed by atoms with Crippen LogP contribution in [0.5, 0.6) is 11.5 Å². The minimum Gasteiger partial charge on any atom is -0.493 e. The molecular formula is C17H22N4O3. The minimum absolute atomic E-state index is 0.0698. The molecule has 0 fully saturated rings. The van der Waals surface area contributed by atoms with Crippen LogP contribution in [0, 0.1) is 0 Å². The van der Waals surface area contributed by atoms with E-state index in [1.807, 2.05) is 32.0 Å². The van der Waals surface area contributed by atoms with Gasteiger partial charge in [-0.2, -0.15) is 0 Å². The van der Waals surface area contributed by atoms with E-state index in [9.17, 15) is 4.79 Å². The first-order chi connectivity index (χ1) is 11.5. The molecule has 0 aliphatic heterocycles. The Morgan fingerprint density at radius 2 is 1.79 bits per heavy atom. The summed E-state index contributed by atoms with van der Waals surface area (Å²) in [6.45, 7) is 4.33. The highest BCUT2D eigenvalue weighted by Crippen LogP contribution is 2.27. The van der Waals surface area contributed by atoms with E-state index in [2.05, 4.69) is 20.6 Å². The topological polar surface area (TPSA) is 85.4 Å². The van der Waals surface area contributed by atoms with Crippen molar-refractivity contribution in [1.29, 1.82) is 0 Å². The fourth-order valence-corrected chi connectivity index (χ4v) is 2.05.